The van der Waals surface area contributed by atoms with Crippen LogP contribution in [0.3, 0.4) is 0 Å². The second-order valence-corrected chi connectivity index (χ2v) is 5.30. The van der Waals surface area contributed by atoms with E-state index in [0.29, 0.717) is 19.3 Å². The molecule has 1 aliphatic carbocycles. The minimum atomic E-state index is -0.763. The van der Waals surface area contributed by atoms with Crippen molar-refractivity contribution in [1.82, 2.24) is 10.2 Å². The van der Waals surface area contributed by atoms with E-state index >= 15 is 0 Å². The second kappa shape index (κ2) is 5.04. The Balaban J connectivity index is 1.79. The molecule has 0 aromatic carbocycles. The molecule has 96 valence electrons. The minimum absolute atomic E-state index is 0.0500. The molecule has 1 amide bonds. The van der Waals surface area contributed by atoms with E-state index in [2.05, 4.69) is 10.2 Å². The van der Waals surface area contributed by atoms with E-state index in [-0.39, 0.29) is 23.8 Å². The van der Waals surface area contributed by atoms with Gasteiger partial charge in [0.25, 0.3) is 0 Å². The first-order valence-corrected chi connectivity index (χ1v) is 6.28. The Morgan fingerprint density at radius 1 is 1.24 bits per heavy atom. The number of amides is 1. The summed E-state index contributed by atoms with van der Waals surface area (Å²) < 4.78 is 0. The van der Waals surface area contributed by atoms with Gasteiger partial charge in [0.15, 0.2) is 0 Å². The molecule has 0 aromatic heterocycles. The number of aliphatic carboxylic acids is 1. The summed E-state index contributed by atoms with van der Waals surface area (Å²) in [6, 6.07) is 0.247. The number of hydrogen-bond donors (Lipinski definition) is 2. The zero-order chi connectivity index (χ0) is 12.4. The lowest BCUT2D eigenvalue weighted by atomic mass is 10.0. The SMILES string of the molecule is CN1CCC(NC(=O)C2CCC(C(=O)O)C2)C1. The standard InChI is InChI=1S/C12H20N2O3/c1-14-5-4-10(7-14)13-11(15)8-2-3-9(6-8)12(16)17/h8-10H,2-7H2,1H3,(H,13,15)(H,16,17). The summed E-state index contributed by atoms with van der Waals surface area (Å²) in [5, 5.41) is 11.9. The number of carboxylic acid groups (broad SMARTS) is 1. The molecule has 5 heteroatoms. The third kappa shape index (κ3) is 2.97. The molecule has 3 unspecified atom stereocenters. The van der Waals surface area contributed by atoms with Gasteiger partial charge in [-0.1, -0.05) is 0 Å². The van der Waals surface area contributed by atoms with Crippen molar-refractivity contribution in [2.45, 2.75) is 31.7 Å². The average molecular weight is 240 g/mol. The van der Waals surface area contributed by atoms with Gasteiger partial charge < -0.3 is 15.3 Å². The number of carbonyl (C=O) groups excluding carboxylic acids is 1. The fraction of sp³-hybridized carbons (Fsp3) is 0.833. The van der Waals surface area contributed by atoms with Gasteiger partial charge in [-0.15, -0.1) is 0 Å². The normalized spacial score (nSPS) is 33.8. The summed E-state index contributed by atoms with van der Waals surface area (Å²) in [5.74, 6) is -1.13. The molecular formula is C12H20N2O3. The first kappa shape index (κ1) is 12.4. The van der Waals surface area contributed by atoms with Gasteiger partial charge in [-0.2, -0.15) is 0 Å². The molecule has 3 atom stereocenters. The predicted molar refractivity (Wildman–Crippen MR) is 62.5 cm³/mol. The Kier molecular flexibility index (Phi) is 3.66. The smallest absolute Gasteiger partial charge is 0.306 e. The van der Waals surface area contributed by atoms with Crippen molar-refractivity contribution in [3.05, 3.63) is 0 Å². The van der Waals surface area contributed by atoms with E-state index in [0.717, 1.165) is 19.5 Å². The van der Waals surface area contributed by atoms with Crippen molar-refractivity contribution in [3.8, 4) is 0 Å². The van der Waals surface area contributed by atoms with E-state index in [4.69, 9.17) is 5.11 Å². The lowest BCUT2D eigenvalue weighted by Gasteiger charge is -2.16. The van der Waals surface area contributed by atoms with Crippen LogP contribution in [0.15, 0.2) is 0 Å². The number of likely N-dealkylation sites (N-methyl/N-ethyl adjacent to an activating group) is 1. The Morgan fingerprint density at radius 3 is 2.47 bits per heavy atom. The lowest BCUT2D eigenvalue weighted by Crippen LogP contribution is -2.39. The van der Waals surface area contributed by atoms with Crippen molar-refractivity contribution in [2.24, 2.45) is 11.8 Å². The average Bonchev–Trinajstić information content (AvgIpc) is 2.86. The van der Waals surface area contributed by atoms with Crippen LogP contribution < -0.4 is 5.32 Å². The number of likely N-dealkylation sites (tertiary alicyclic amines) is 1. The molecule has 0 bridgehead atoms. The molecule has 17 heavy (non-hydrogen) atoms. The summed E-state index contributed by atoms with van der Waals surface area (Å²) in [7, 11) is 2.04. The highest BCUT2D eigenvalue weighted by Gasteiger charge is 2.34. The van der Waals surface area contributed by atoms with Crippen molar-refractivity contribution < 1.29 is 14.7 Å². The molecule has 0 spiro atoms. The molecule has 2 fully saturated rings. The molecule has 1 aliphatic heterocycles. The molecule has 2 rings (SSSR count). The Hall–Kier alpha value is -1.10. The maximum absolute atomic E-state index is 12.0. The molecule has 0 radical (unpaired) electrons. The summed E-state index contributed by atoms with van der Waals surface area (Å²) in [6.07, 6.45) is 2.85. The van der Waals surface area contributed by atoms with E-state index in [9.17, 15) is 9.59 Å². The molecule has 0 aromatic rings. The molecule has 2 N–H and O–H groups in total. The van der Waals surface area contributed by atoms with Gasteiger partial charge in [0.2, 0.25) is 5.91 Å². The third-order valence-electron chi connectivity index (χ3n) is 3.89. The van der Waals surface area contributed by atoms with Crippen LogP contribution in [0.2, 0.25) is 0 Å². The molecule has 2 aliphatic rings. The maximum Gasteiger partial charge on any atom is 0.306 e. The van der Waals surface area contributed by atoms with Crippen molar-refractivity contribution in [2.75, 3.05) is 20.1 Å². The summed E-state index contributed by atoms with van der Waals surface area (Å²) in [6.45, 7) is 1.92. The second-order valence-electron chi connectivity index (χ2n) is 5.30. The van der Waals surface area contributed by atoms with Gasteiger partial charge >= 0.3 is 5.97 Å². The van der Waals surface area contributed by atoms with E-state index in [1.807, 2.05) is 7.05 Å². The lowest BCUT2D eigenvalue weighted by molar-refractivity contribution is -0.141. The highest BCUT2D eigenvalue weighted by atomic mass is 16.4. The highest BCUT2D eigenvalue weighted by molar-refractivity contribution is 5.81. The molecule has 1 heterocycles. The van der Waals surface area contributed by atoms with Crippen molar-refractivity contribution >= 4 is 11.9 Å². The Bertz CT molecular complexity index is 319. The van der Waals surface area contributed by atoms with Crippen LogP contribution in [0, 0.1) is 11.8 Å². The van der Waals surface area contributed by atoms with Crippen molar-refractivity contribution in [3.63, 3.8) is 0 Å². The minimum Gasteiger partial charge on any atom is -0.481 e. The number of carboxylic acids is 1. The molecule has 1 saturated carbocycles. The first-order chi connectivity index (χ1) is 8.06. The highest BCUT2D eigenvalue weighted by Crippen LogP contribution is 2.31. The van der Waals surface area contributed by atoms with E-state index in [1.54, 1.807) is 0 Å². The topological polar surface area (TPSA) is 69.6 Å². The number of carbonyl (C=O) groups is 2. The van der Waals surface area contributed by atoms with Gasteiger partial charge in [0.05, 0.1) is 5.92 Å². The Labute approximate surface area is 101 Å². The fourth-order valence-corrected chi connectivity index (χ4v) is 2.82. The predicted octanol–water partition coefficient (Wildman–Crippen LogP) is 0.308. The van der Waals surface area contributed by atoms with Gasteiger partial charge in [0, 0.05) is 18.5 Å². The first-order valence-electron chi connectivity index (χ1n) is 6.28. The number of rotatable bonds is 3. The van der Waals surface area contributed by atoms with Crippen LogP contribution in [0.5, 0.6) is 0 Å². The van der Waals surface area contributed by atoms with Crippen LogP contribution in [-0.4, -0.2) is 48.1 Å². The largest absolute Gasteiger partial charge is 0.481 e. The fourth-order valence-electron chi connectivity index (χ4n) is 2.82. The van der Waals surface area contributed by atoms with Crippen LogP contribution in [0.4, 0.5) is 0 Å². The zero-order valence-electron chi connectivity index (χ0n) is 10.2. The maximum atomic E-state index is 12.0. The zero-order valence-corrected chi connectivity index (χ0v) is 10.2. The summed E-state index contributed by atoms with van der Waals surface area (Å²) >= 11 is 0. The van der Waals surface area contributed by atoms with Crippen molar-refractivity contribution in [1.29, 1.82) is 0 Å². The number of hydrogen-bond acceptors (Lipinski definition) is 3. The van der Waals surface area contributed by atoms with Gasteiger partial charge in [-0.25, -0.2) is 0 Å². The van der Waals surface area contributed by atoms with Crippen LogP contribution in [0.25, 0.3) is 0 Å². The monoisotopic (exact) mass is 240 g/mol. The molecule has 5 nitrogen and oxygen atoms in total. The van der Waals surface area contributed by atoms with Crippen LogP contribution in [0.1, 0.15) is 25.7 Å². The van der Waals surface area contributed by atoms with Crippen LogP contribution in [-0.2, 0) is 9.59 Å². The quantitative estimate of drug-likeness (QED) is 0.745. The van der Waals surface area contributed by atoms with Gasteiger partial charge in [0.1, 0.15) is 0 Å². The Morgan fingerprint density at radius 2 is 1.94 bits per heavy atom. The number of nitrogens with zero attached hydrogens (tertiary/aromatic N) is 1. The molecular weight excluding hydrogens is 220 g/mol. The summed E-state index contributed by atoms with van der Waals surface area (Å²) in [5.41, 5.74) is 0. The van der Waals surface area contributed by atoms with E-state index < -0.39 is 5.97 Å². The number of nitrogens with one attached hydrogen (secondary N) is 1. The summed E-state index contributed by atoms with van der Waals surface area (Å²) in [4.78, 5) is 25.0. The third-order valence-corrected chi connectivity index (χ3v) is 3.89. The molecule has 1 saturated heterocycles. The van der Waals surface area contributed by atoms with Gasteiger partial charge in [-0.3, -0.25) is 9.59 Å². The van der Waals surface area contributed by atoms with Gasteiger partial charge in [-0.05, 0) is 39.3 Å². The van der Waals surface area contributed by atoms with Crippen LogP contribution >= 0.6 is 0 Å². The van der Waals surface area contributed by atoms with E-state index in [1.165, 1.54) is 0 Å².